The predicted molar refractivity (Wildman–Crippen MR) is 97.8 cm³/mol. The summed E-state index contributed by atoms with van der Waals surface area (Å²) in [6.07, 6.45) is 0.494. The van der Waals surface area contributed by atoms with Crippen LogP contribution in [0.3, 0.4) is 0 Å². The van der Waals surface area contributed by atoms with E-state index in [9.17, 15) is 9.90 Å². The van der Waals surface area contributed by atoms with Gasteiger partial charge in [-0.25, -0.2) is 0 Å². The molecule has 25 heavy (non-hydrogen) atoms. The normalized spacial score (nSPS) is 16.4. The van der Waals surface area contributed by atoms with Crippen molar-refractivity contribution in [3.05, 3.63) is 50.5 Å². The van der Waals surface area contributed by atoms with Gasteiger partial charge in [-0.2, -0.15) is 5.10 Å². The Kier molecular flexibility index (Phi) is 4.63. The third-order valence-electron chi connectivity index (χ3n) is 4.27. The number of aromatic hydroxyl groups is 1. The van der Waals surface area contributed by atoms with Gasteiger partial charge in [0, 0.05) is 20.5 Å². The lowest BCUT2D eigenvalue weighted by molar-refractivity contribution is 0.340. The second-order valence-corrected chi connectivity index (χ2v) is 6.22. The minimum absolute atomic E-state index is 0.0664. The molecule has 1 aromatic carbocycles. The van der Waals surface area contributed by atoms with Gasteiger partial charge in [-0.3, -0.25) is 13.9 Å². The molecule has 0 saturated carbocycles. The average Bonchev–Trinajstić information content (AvgIpc) is 3.09. The highest BCUT2D eigenvalue weighted by Crippen LogP contribution is 2.27. The molecule has 1 unspecified atom stereocenters. The number of nitrogens with one attached hydrogen (secondary N) is 1. The third-order valence-corrected chi connectivity index (χ3v) is 4.82. The number of benzene rings is 1. The van der Waals surface area contributed by atoms with Crippen LogP contribution in [0.5, 0.6) is 11.6 Å². The van der Waals surface area contributed by atoms with Gasteiger partial charge in [0.1, 0.15) is 11.3 Å². The van der Waals surface area contributed by atoms with Crippen LogP contribution in [0.1, 0.15) is 30.5 Å². The first-order valence-electron chi connectivity index (χ1n) is 7.98. The molecule has 0 fully saturated rings. The van der Waals surface area contributed by atoms with E-state index in [-0.39, 0.29) is 27.8 Å². The molecule has 1 atom stereocenters. The molecule has 1 aliphatic rings. The Morgan fingerprint density at radius 3 is 2.64 bits per heavy atom. The van der Waals surface area contributed by atoms with Crippen molar-refractivity contribution in [2.75, 3.05) is 6.61 Å². The number of ether oxygens (including phenoxy) is 1. The molecule has 0 bridgehead atoms. The summed E-state index contributed by atoms with van der Waals surface area (Å²) in [5.74, 6) is 0.644. The number of hydrogen-bond acceptors (Lipinski definition) is 6. The minimum Gasteiger partial charge on any atom is -0.494 e. The van der Waals surface area contributed by atoms with Gasteiger partial charge in [-0.1, -0.05) is 12.1 Å². The number of rotatable bonds is 4. The number of aromatic nitrogens is 2. The first-order valence-corrected chi connectivity index (χ1v) is 8.39. The van der Waals surface area contributed by atoms with Crippen LogP contribution in [-0.2, 0) is 14.1 Å². The fourth-order valence-corrected chi connectivity index (χ4v) is 3.01. The molecule has 1 aliphatic heterocycles. The second kappa shape index (κ2) is 6.72. The van der Waals surface area contributed by atoms with Crippen LogP contribution < -0.4 is 15.7 Å². The molecular weight excluding hydrogens is 340 g/mol. The van der Waals surface area contributed by atoms with Crippen LogP contribution in [0.4, 0.5) is 0 Å². The van der Waals surface area contributed by atoms with E-state index in [1.165, 1.54) is 9.13 Å². The maximum Gasteiger partial charge on any atom is 0.267 e. The Morgan fingerprint density at radius 2 is 2.00 bits per heavy atom. The Labute approximate surface area is 150 Å². The van der Waals surface area contributed by atoms with Crippen LogP contribution in [0.2, 0.25) is 0 Å². The molecule has 0 radical (unpaired) electrons. The first kappa shape index (κ1) is 17.2. The lowest BCUT2D eigenvalue weighted by Crippen LogP contribution is -2.28. The van der Waals surface area contributed by atoms with Crippen LogP contribution in [0.25, 0.3) is 0 Å². The summed E-state index contributed by atoms with van der Waals surface area (Å²) in [4.78, 5) is 12.5. The Hall–Kier alpha value is -2.61. The van der Waals surface area contributed by atoms with E-state index in [0.29, 0.717) is 18.7 Å². The molecule has 3 rings (SSSR count). The molecule has 2 N–H and O–H groups in total. The molecule has 0 aliphatic carbocycles. The van der Waals surface area contributed by atoms with Crippen LogP contribution in [0, 0.1) is 4.77 Å². The zero-order chi connectivity index (χ0) is 18.1. The second-order valence-electron chi connectivity index (χ2n) is 5.85. The number of nitrogens with zero attached hydrogens (tertiary/aromatic N) is 3. The van der Waals surface area contributed by atoms with E-state index in [0.717, 1.165) is 11.3 Å². The molecule has 8 heteroatoms. The van der Waals surface area contributed by atoms with Crippen LogP contribution in [0.15, 0.2) is 34.2 Å². The third kappa shape index (κ3) is 3.05. The van der Waals surface area contributed by atoms with Gasteiger partial charge in [0.05, 0.1) is 18.4 Å². The zero-order valence-corrected chi connectivity index (χ0v) is 15.1. The van der Waals surface area contributed by atoms with E-state index >= 15 is 0 Å². The summed E-state index contributed by atoms with van der Waals surface area (Å²) in [5.41, 5.74) is 4.41. The van der Waals surface area contributed by atoms with Crippen molar-refractivity contribution in [1.82, 2.24) is 14.6 Å². The van der Waals surface area contributed by atoms with Crippen molar-refractivity contribution in [2.45, 2.75) is 19.4 Å². The highest BCUT2D eigenvalue weighted by Gasteiger charge is 2.27. The van der Waals surface area contributed by atoms with Crippen molar-refractivity contribution < 1.29 is 9.84 Å². The number of hydrogen-bond donors (Lipinski definition) is 2. The Bertz CT molecular complexity index is 944. The fourth-order valence-electron chi connectivity index (χ4n) is 2.84. The number of hydrazone groups is 1. The molecule has 2 aromatic rings. The van der Waals surface area contributed by atoms with Crippen molar-refractivity contribution >= 4 is 17.9 Å². The topological polar surface area (TPSA) is 80.8 Å². The molecule has 132 valence electrons. The van der Waals surface area contributed by atoms with Crippen molar-refractivity contribution in [3.63, 3.8) is 0 Å². The van der Waals surface area contributed by atoms with Gasteiger partial charge in [0.2, 0.25) is 5.88 Å². The van der Waals surface area contributed by atoms with Gasteiger partial charge in [-0.05, 0) is 36.8 Å². The van der Waals surface area contributed by atoms with Gasteiger partial charge in [0.25, 0.3) is 5.56 Å². The summed E-state index contributed by atoms with van der Waals surface area (Å²) >= 11 is 5.14. The highest BCUT2D eigenvalue weighted by molar-refractivity contribution is 7.71. The van der Waals surface area contributed by atoms with Crippen molar-refractivity contribution in [3.8, 4) is 11.6 Å². The minimum atomic E-state index is -0.353. The first-order chi connectivity index (χ1) is 11.9. The van der Waals surface area contributed by atoms with E-state index in [1.807, 2.05) is 31.2 Å². The molecule has 7 nitrogen and oxygen atoms in total. The van der Waals surface area contributed by atoms with E-state index < -0.39 is 0 Å². The van der Waals surface area contributed by atoms with Crippen LogP contribution in [-0.4, -0.2) is 26.6 Å². The van der Waals surface area contributed by atoms with E-state index in [2.05, 4.69) is 10.5 Å². The summed E-state index contributed by atoms with van der Waals surface area (Å²) in [6.45, 7) is 2.56. The smallest absolute Gasteiger partial charge is 0.267 e. The molecule has 2 heterocycles. The summed E-state index contributed by atoms with van der Waals surface area (Å²) < 4.78 is 8.43. The van der Waals surface area contributed by atoms with Crippen LogP contribution >= 0.6 is 12.2 Å². The largest absolute Gasteiger partial charge is 0.494 e. The molecule has 0 spiro atoms. The SMILES string of the molecule is CCOc1ccc(C2CC(c3c(O)n(C)c(=S)n(C)c3=O)=NN2)cc1. The summed E-state index contributed by atoms with van der Waals surface area (Å²) in [5, 5.41) is 14.6. The average molecular weight is 360 g/mol. The Morgan fingerprint density at radius 1 is 1.32 bits per heavy atom. The van der Waals surface area contributed by atoms with Gasteiger partial charge in [-0.15, -0.1) is 0 Å². The van der Waals surface area contributed by atoms with E-state index in [4.69, 9.17) is 17.0 Å². The maximum atomic E-state index is 12.5. The molecule has 0 amide bonds. The van der Waals surface area contributed by atoms with Crippen molar-refractivity contribution in [1.29, 1.82) is 0 Å². The van der Waals surface area contributed by atoms with Gasteiger partial charge >= 0.3 is 0 Å². The lowest BCUT2D eigenvalue weighted by Gasteiger charge is -2.13. The van der Waals surface area contributed by atoms with Crippen molar-refractivity contribution in [2.24, 2.45) is 19.2 Å². The molecule has 1 aromatic heterocycles. The van der Waals surface area contributed by atoms with E-state index in [1.54, 1.807) is 14.1 Å². The molecular formula is C17H20N4O3S. The summed E-state index contributed by atoms with van der Waals surface area (Å²) in [7, 11) is 3.20. The Balaban J connectivity index is 1.89. The highest BCUT2D eigenvalue weighted by atomic mass is 32.1. The summed E-state index contributed by atoms with van der Waals surface area (Å²) in [6, 6.07) is 7.67. The standard InChI is InChI=1S/C17H20N4O3S/c1-4-24-11-7-5-10(6-8-11)12-9-13(19-18-12)14-15(22)20(2)17(25)21(3)16(14)23/h5-8,12,18,22H,4,9H2,1-3H3. The fraction of sp³-hybridized carbons (Fsp3) is 0.353. The van der Waals surface area contributed by atoms with Gasteiger partial charge in [0.15, 0.2) is 4.77 Å². The predicted octanol–water partition coefficient (Wildman–Crippen LogP) is 2.00. The lowest BCUT2D eigenvalue weighted by atomic mass is 10.00. The monoisotopic (exact) mass is 360 g/mol. The zero-order valence-electron chi connectivity index (χ0n) is 14.3. The molecule has 0 saturated heterocycles. The van der Waals surface area contributed by atoms with Gasteiger partial charge < -0.3 is 15.3 Å². The quantitative estimate of drug-likeness (QED) is 0.815. The maximum absolute atomic E-state index is 12.5.